The third-order valence-corrected chi connectivity index (χ3v) is 5.67. The number of halogens is 2. The normalized spacial score (nSPS) is 16.0. The zero-order valence-corrected chi connectivity index (χ0v) is 18.0. The summed E-state index contributed by atoms with van der Waals surface area (Å²) in [6.07, 6.45) is 1.92. The maximum atomic E-state index is 12.8. The molecule has 2 aromatic rings. The smallest absolute Gasteiger partial charge is 0.270 e. The minimum absolute atomic E-state index is 0.0905. The van der Waals surface area contributed by atoms with E-state index in [1.807, 2.05) is 38.1 Å². The summed E-state index contributed by atoms with van der Waals surface area (Å²) in [5, 5.41) is 0.614. The molecule has 7 heteroatoms. The number of carbonyl (C=O) groups is 1. The molecule has 134 valence electrons. The van der Waals surface area contributed by atoms with Crippen LogP contribution in [0.4, 0.5) is 5.69 Å². The molecule has 3 nitrogen and oxygen atoms in total. The van der Waals surface area contributed by atoms with Crippen LogP contribution in [0.2, 0.25) is 5.02 Å². The number of hydrogen-bond donors (Lipinski definition) is 0. The molecule has 0 atom stereocenters. The Kier molecular flexibility index (Phi) is 6.07. The number of nitrogens with zero attached hydrogens (tertiary/aromatic N) is 1. The summed E-state index contributed by atoms with van der Waals surface area (Å²) in [5.74, 6) is 0.631. The van der Waals surface area contributed by atoms with Gasteiger partial charge in [0.25, 0.3) is 5.91 Å². The van der Waals surface area contributed by atoms with Crippen molar-refractivity contribution in [3.05, 3.63) is 62.4 Å². The summed E-state index contributed by atoms with van der Waals surface area (Å²) < 4.78 is 7.06. The summed E-state index contributed by atoms with van der Waals surface area (Å²) in [6, 6.07) is 12.8. The lowest BCUT2D eigenvalue weighted by molar-refractivity contribution is -0.113. The summed E-state index contributed by atoms with van der Waals surface area (Å²) in [5.41, 5.74) is 1.60. The minimum Gasteiger partial charge on any atom is -0.490 e. The van der Waals surface area contributed by atoms with Crippen molar-refractivity contribution in [2.75, 3.05) is 4.90 Å². The fraction of sp³-hybridized carbons (Fsp3) is 0.158. The van der Waals surface area contributed by atoms with E-state index in [1.165, 1.54) is 16.7 Å². The van der Waals surface area contributed by atoms with E-state index in [2.05, 4.69) is 15.9 Å². The second-order valence-electron chi connectivity index (χ2n) is 5.85. The topological polar surface area (TPSA) is 29.5 Å². The SMILES string of the molecule is CC(C)Oc1ccc(/C=C2/SC(=S)N(c3ccc(Cl)cc3)C2=O)cc1Br. The van der Waals surface area contributed by atoms with Crippen LogP contribution < -0.4 is 9.64 Å². The molecule has 0 unspecified atom stereocenters. The highest BCUT2D eigenvalue weighted by Crippen LogP contribution is 2.37. The number of benzene rings is 2. The first kappa shape index (κ1) is 19.4. The van der Waals surface area contributed by atoms with Gasteiger partial charge in [-0.05, 0) is 77.8 Å². The fourth-order valence-corrected chi connectivity index (χ4v) is 4.30. The maximum absolute atomic E-state index is 12.8. The molecule has 2 aromatic carbocycles. The van der Waals surface area contributed by atoms with Crippen molar-refractivity contribution in [3.63, 3.8) is 0 Å². The molecule has 0 aliphatic carbocycles. The van der Waals surface area contributed by atoms with Crippen LogP contribution >= 0.6 is 51.5 Å². The van der Waals surface area contributed by atoms with Gasteiger partial charge < -0.3 is 4.74 Å². The van der Waals surface area contributed by atoms with E-state index >= 15 is 0 Å². The average Bonchev–Trinajstić information content (AvgIpc) is 2.85. The molecule has 1 aliphatic rings. The molecule has 0 N–H and O–H groups in total. The van der Waals surface area contributed by atoms with Crippen LogP contribution in [0.3, 0.4) is 0 Å². The third-order valence-electron chi connectivity index (χ3n) is 3.49. The highest BCUT2D eigenvalue weighted by molar-refractivity contribution is 9.10. The van der Waals surface area contributed by atoms with E-state index in [9.17, 15) is 4.79 Å². The van der Waals surface area contributed by atoms with Gasteiger partial charge in [0.2, 0.25) is 0 Å². The fourth-order valence-electron chi connectivity index (χ4n) is 2.39. The number of thiocarbonyl (C=S) groups is 1. The van der Waals surface area contributed by atoms with Gasteiger partial charge >= 0.3 is 0 Å². The van der Waals surface area contributed by atoms with Crippen LogP contribution in [-0.2, 0) is 4.79 Å². The highest BCUT2D eigenvalue weighted by Gasteiger charge is 2.33. The van der Waals surface area contributed by atoms with Crippen molar-refractivity contribution >= 4 is 73.5 Å². The quantitative estimate of drug-likeness (QED) is 0.389. The number of anilines is 1. The van der Waals surface area contributed by atoms with E-state index in [0.717, 1.165) is 15.8 Å². The van der Waals surface area contributed by atoms with Gasteiger partial charge in [-0.15, -0.1) is 0 Å². The van der Waals surface area contributed by atoms with Crippen molar-refractivity contribution in [1.29, 1.82) is 0 Å². The van der Waals surface area contributed by atoms with Crippen LogP contribution in [0.1, 0.15) is 19.4 Å². The van der Waals surface area contributed by atoms with Gasteiger partial charge in [0, 0.05) is 5.02 Å². The Hall–Kier alpha value is -1.34. The van der Waals surface area contributed by atoms with Gasteiger partial charge in [-0.1, -0.05) is 41.6 Å². The number of hydrogen-bond acceptors (Lipinski definition) is 4. The standard InChI is InChI=1S/C19H15BrClNO2S2/c1-11(2)24-16-8-3-12(9-15(16)20)10-17-18(23)22(19(25)26-17)14-6-4-13(21)5-7-14/h3-11H,1-2H3/b17-10+. The summed E-state index contributed by atoms with van der Waals surface area (Å²) in [7, 11) is 0. The number of carbonyl (C=O) groups excluding carboxylic acids is 1. The van der Waals surface area contributed by atoms with Crippen LogP contribution in [0.25, 0.3) is 6.08 Å². The first-order valence-electron chi connectivity index (χ1n) is 7.85. The lowest BCUT2D eigenvalue weighted by Gasteiger charge is -2.14. The van der Waals surface area contributed by atoms with Crippen LogP contribution in [-0.4, -0.2) is 16.3 Å². The molecular weight excluding hydrogens is 454 g/mol. The molecule has 1 aliphatic heterocycles. The molecule has 1 fully saturated rings. The Balaban J connectivity index is 1.86. The second kappa shape index (κ2) is 8.13. The first-order valence-corrected chi connectivity index (χ1v) is 10.2. The van der Waals surface area contributed by atoms with Crippen LogP contribution in [0.5, 0.6) is 5.75 Å². The van der Waals surface area contributed by atoms with E-state index in [4.69, 9.17) is 28.6 Å². The van der Waals surface area contributed by atoms with Crippen molar-refractivity contribution in [2.45, 2.75) is 20.0 Å². The first-order chi connectivity index (χ1) is 12.3. The molecule has 0 bridgehead atoms. The molecule has 0 spiro atoms. The molecule has 0 radical (unpaired) electrons. The number of amides is 1. The van der Waals surface area contributed by atoms with E-state index in [0.29, 0.717) is 19.9 Å². The Morgan fingerprint density at radius 2 is 1.92 bits per heavy atom. The maximum Gasteiger partial charge on any atom is 0.270 e. The predicted molar refractivity (Wildman–Crippen MR) is 117 cm³/mol. The number of thioether (sulfide) groups is 1. The van der Waals surface area contributed by atoms with Gasteiger partial charge in [0.15, 0.2) is 4.32 Å². The van der Waals surface area contributed by atoms with Gasteiger partial charge in [0.05, 0.1) is 21.2 Å². The Morgan fingerprint density at radius 3 is 2.54 bits per heavy atom. The molecular formula is C19H15BrClNO2S2. The van der Waals surface area contributed by atoms with E-state index in [-0.39, 0.29) is 12.0 Å². The second-order valence-corrected chi connectivity index (χ2v) is 8.82. The minimum atomic E-state index is -0.138. The van der Waals surface area contributed by atoms with Crippen LogP contribution in [0.15, 0.2) is 51.8 Å². The summed E-state index contributed by atoms with van der Waals surface area (Å²) in [4.78, 5) is 14.9. The lowest BCUT2D eigenvalue weighted by Crippen LogP contribution is -2.27. The Bertz CT molecular complexity index is 897. The Labute approximate surface area is 175 Å². The summed E-state index contributed by atoms with van der Waals surface area (Å²) in [6.45, 7) is 3.95. The largest absolute Gasteiger partial charge is 0.490 e. The molecule has 3 rings (SSSR count). The molecule has 0 saturated carbocycles. The van der Waals surface area contributed by atoms with Gasteiger partial charge in [-0.25, -0.2) is 0 Å². The number of rotatable bonds is 4. The zero-order chi connectivity index (χ0) is 18.8. The Morgan fingerprint density at radius 1 is 1.23 bits per heavy atom. The van der Waals surface area contributed by atoms with Gasteiger partial charge in [0.1, 0.15) is 5.75 Å². The van der Waals surface area contributed by atoms with Crippen molar-refractivity contribution < 1.29 is 9.53 Å². The predicted octanol–water partition coefficient (Wildman–Crippen LogP) is 6.30. The van der Waals surface area contributed by atoms with Gasteiger partial charge in [-0.2, -0.15) is 0 Å². The molecule has 1 amide bonds. The highest BCUT2D eigenvalue weighted by atomic mass is 79.9. The van der Waals surface area contributed by atoms with Crippen LogP contribution in [0, 0.1) is 0 Å². The van der Waals surface area contributed by atoms with Crippen molar-refractivity contribution in [1.82, 2.24) is 0 Å². The zero-order valence-electron chi connectivity index (χ0n) is 14.0. The molecule has 26 heavy (non-hydrogen) atoms. The van der Waals surface area contributed by atoms with Crippen molar-refractivity contribution in [2.24, 2.45) is 0 Å². The number of ether oxygens (including phenoxy) is 1. The van der Waals surface area contributed by atoms with Gasteiger partial charge in [-0.3, -0.25) is 9.69 Å². The van der Waals surface area contributed by atoms with Crippen molar-refractivity contribution in [3.8, 4) is 5.75 Å². The summed E-state index contributed by atoms with van der Waals surface area (Å²) >= 11 is 16.1. The molecule has 1 heterocycles. The molecule has 0 aromatic heterocycles. The average molecular weight is 469 g/mol. The third kappa shape index (κ3) is 4.31. The van der Waals surface area contributed by atoms with E-state index in [1.54, 1.807) is 24.3 Å². The molecule has 1 saturated heterocycles. The monoisotopic (exact) mass is 467 g/mol. The lowest BCUT2D eigenvalue weighted by atomic mass is 10.2. The van der Waals surface area contributed by atoms with E-state index < -0.39 is 0 Å².